The quantitative estimate of drug-likeness (QED) is 0.319. The predicted octanol–water partition coefficient (Wildman–Crippen LogP) is 2.96. The van der Waals surface area contributed by atoms with Crippen LogP contribution in [0.15, 0.2) is 0 Å². The molecule has 0 heterocycles. The molecule has 0 aliphatic heterocycles. The third-order valence-corrected chi connectivity index (χ3v) is 8.89. The zero-order valence-corrected chi connectivity index (χ0v) is 19.9. The van der Waals surface area contributed by atoms with E-state index in [0.717, 1.165) is 0 Å². The van der Waals surface area contributed by atoms with Crippen molar-refractivity contribution < 1.29 is 47.6 Å². The summed E-state index contributed by atoms with van der Waals surface area (Å²) in [6, 6.07) is 0. The maximum Gasteiger partial charge on any atom is 0.466 e. The van der Waals surface area contributed by atoms with Crippen molar-refractivity contribution >= 4 is 29.9 Å². The lowest BCUT2D eigenvalue weighted by atomic mass is 11.0. The van der Waals surface area contributed by atoms with Crippen LogP contribution in [0.2, 0.25) is 0 Å². The van der Waals surface area contributed by atoms with Gasteiger partial charge in [0.25, 0.3) is 0 Å². The minimum Gasteiger partial charge on any atom is -0.344 e. The topological polar surface area (TPSA) is 190 Å². The highest BCUT2D eigenvalue weighted by atomic mass is 31.2. The molecular formula is C12H36O10P4. The molecule has 26 heavy (non-hydrogen) atoms. The molecule has 0 atom stereocenters. The molecule has 0 fully saturated rings. The molecule has 0 radical (unpaired) electrons. The van der Waals surface area contributed by atoms with Crippen LogP contribution in [0.3, 0.4) is 0 Å². The van der Waals surface area contributed by atoms with Gasteiger partial charge in [-0.3, -0.25) is 13.7 Å². The second-order valence-corrected chi connectivity index (χ2v) is 14.8. The molecule has 0 aliphatic rings. The van der Waals surface area contributed by atoms with Crippen molar-refractivity contribution in [1.82, 2.24) is 0 Å². The zero-order valence-electron chi connectivity index (χ0n) is 16.3. The maximum absolute atomic E-state index is 10.5. The van der Waals surface area contributed by atoms with Gasteiger partial charge in [-0.15, -0.1) is 0 Å². The Morgan fingerprint density at radius 2 is 0.500 bits per heavy atom. The molecule has 0 aromatic rings. The first kappa shape index (κ1) is 34.2. The number of rotatable bonds is 6. The minimum absolute atomic E-state index is 0.406. The number of phosphoric acid groups is 1. The zero-order chi connectivity index (χ0) is 22.2. The molecule has 14 heteroatoms. The first-order chi connectivity index (χ1) is 11.4. The van der Waals surface area contributed by atoms with Crippen LogP contribution < -0.4 is 0 Å². The summed E-state index contributed by atoms with van der Waals surface area (Å²) < 4.78 is 40.4. The lowest BCUT2D eigenvalue weighted by molar-refractivity contribution is 0.275. The Morgan fingerprint density at radius 1 is 0.423 bits per heavy atom. The molecule has 164 valence electrons. The molecule has 0 bridgehead atoms. The van der Waals surface area contributed by atoms with Crippen LogP contribution in [0, 0.1) is 0 Å². The fraction of sp³-hybridized carbons (Fsp3) is 1.00. The fourth-order valence-electron chi connectivity index (χ4n) is 0.671. The first-order valence-electron chi connectivity index (χ1n) is 8.07. The van der Waals surface area contributed by atoms with E-state index in [-0.39, 0.29) is 0 Å². The predicted molar refractivity (Wildman–Crippen MR) is 107 cm³/mol. The Kier molecular flexibility index (Phi) is 21.9. The fourth-order valence-corrected chi connectivity index (χ4v) is 2.01. The average molecular weight is 464 g/mol. The molecule has 0 rings (SSSR count). The number of hydrogen-bond acceptors (Lipinski definition) is 4. The van der Waals surface area contributed by atoms with E-state index >= 15 is 0 Å². The standard InChI is InChI=1S/3C4H11O2P.H3O4P/c3*1-3-7(5,6)4-2;1-5(2,3)4/h3*3-4H2,1-2H3,(H,5,6);(H3,1,2,3,4). The third kappa shape index (κ3) is 39.7. The Hall–Kier alpha value is 0.680. The second-order valence-electron chi connectivity index (χ2n) is 4.95. The van der Waals surface area contributed by atoms with Gasteiger partial charge in [-0.2, -0.15) is 0 Å². The van der Waals surface area contributed by atoms with Gasteiger partial charge in [0.2, 0.25) is 0 Å². The smallest absolute Gasteiger partial charge is 0.344 e. The molecule has 0 saturated heterocycles. The van der Waals surface area contributed by atoms with E-state index in [4.69, 9.17) is 33.9 Å². The summed E-state index contributed by atoms with van der Waals surface area (Å²) in [5.41, 5.74) is 0. The van der Waals surface area contributed by atoms with Crippen molar-refractivity contribution in [3.63, 3.8) is 0 Å². The van der Waals surface area contributed by atoms with Gasteiger partial charge in [0, 0.05) is 37.0 Å². The molecule has 0 amide bonds. The van der Waals surface area contributed by atoms with Crippen LogP contribution in [0.4, 0.5) is 0 Å². The van der Waals surface area contributed by atoms with Gasteiger partial charge in [-0.25, -0.2) is 4.57 Å². The molecular weight excluding hydrogens is 428 g/mol. The van der Waals surface area contributed by atoms with Crippen LogP contribution in [0.1, 0.15) is 41.5 Å². The van der Waals surface area contributed by atoms with Crippen molar-refractivity contribution in [1.29, 1.82) is 0 Å². The molecule has 0 aromatic heterocycles. The largest absolute Gasteiger partial charge is 0.466 e. The molecule has 6 N–H and O–H groups in total. The maximum atomic E-state index is 10.5. The van der Waals surface area contributed by atoms with Gasteiger partial charge < -0.3 is 29.4 Å². The summed E-state index contributed by atoms with van der Waals surface area (Å²) in [7, 11) is -12.6. The minimum atomic E-state index is -4.64. The summed E-state index contributed by atoms with van der Waals surface area (Å²) in [6.45, 7) is 10.4. The highest BCUT2D eigenvalue weighted by molar-refractivity contribution is 7.58. The van der Waals surface area contributed by atoms with E-state index in [1.807, 2.05) is 0 Å². The molecule has 0 spiro atoms. The second kappa shape index (κ2) is 16.6. The number of hydrogen-bond donors (Lipinski definition) is 6. The Balaban J connectivity index is -0.000000125. The van der Waals surface area contributed by atoms with Crippen molar-refractivity contribution in [3.8, 4) is 0 Å². The summed E-state index contributed by atoms with van der Waals surface area (Å²) in [6.07, 6.45) is 2.44. The van der Waals surface area contributed by atoms with E-state index in [1.54, 1.807) is 41.5 Å². The third-order valence-electron chi connectivity index (χ3n) is 2.96. The van der Waals surface area contributed by atoms with Crippen LogP contribution in [0.25, 0.3) is 0 Å². The highest BCUT2D eigenvalue weighted by Crippen LogP contribution is 2.39. The summed E-state index contributed by atoms with van der Waals surface area (Å²) in [4.78, 5) is 47.6. The van der Waals surface area contributed by atoms with Gasteiger partial charge in [-0.05, 0) is 0 Å². The van der Waals surface area contributed by atoms with Crippen LogP contribution in [-0.4, -0.2) is 66.3 Å². The van der Waals surface area contributed by atoms with Crippen LogP contribution in [0.5, 0.6) is 0 Å². The van der Waals surface area contributed by atoms with Crippen LogP contribution in [-0.2, 0) is 18.3 Å². The Labute approximate surface area is 156 Å². The van der Waals surface area contributed by atoms with Gasteiger partial charge >= 0.3 is 7.82 Å². The van der Waals surface area contributed by atoms with Crippen molar-refractivity contribution in [3.05, 3.63) is 0 Å². The highest BCUT2D eigenvalue weighted by Gasteiger charge is 2.09. The average Bonchev–Trinajstić information content (AvgIpc) is 2.54. The lowest BCUT2D eigenvalue weighted by Crippen LogP contribution is -1.84. The van der Waals surface area contributed by atoms with Crippen molar-refractivity contribution in [2.75, 3.05) is 37.0 Å². The van der Waals surface area contributed by atoms with E-state index in [2.05, 4.69) is 0 Å². The molecule has 0 aliphatic carbocycles. The molecule has 10 nitrogen and oxygen atoms in total. The molecule has 0 unspecified atom stereocenters. The SMILES string of the molecule is CCP(=O)(O)CC.CCP(=O)(O)CC.CCP(=O)(O)CC.O=P(O)(O)O. The molecule has 0 saturated carbocycles. The monoisotopic (exact) mass is 464 g/mol. The van der Waals surface area contributed by atoms with E-state index in [0.29, 0.717) is 37.0 Å². The van der Waals surface area contributed by atoms with Gasteiger partial charge in [0.15, 0.2) is 22.1 Å². The summed E-state index contributed by atoms with van der Waals surface area (Å²) in [5.74, 6) is 0. The lowest BCUT2D eigenvalue weighted by Gasteiger charge is -2.01. The van der Waals surface area contributed by atoms with E-state index in [1.165, 1.54) is 0 Å². The summed E-state index contributed by atoms with van der Waals surface area (Å²) in [5, 5.41) is 0. The van der Waals surface area contributed by atoms with E-state index in [9.17, 15) is 13.7 Å². The van der Waals surface area contributed by atoms with Crippen molar-refractivity contribution in [2.45, 2.75) is 41.5 Å². The summed E-state index contributed by atoms with van der Waals surface area (Å²) >= 11 is 0. The van der Waals surface area contributed by atoms with Crippen molar-refractivity contribution in [2.24, 2.45) is 0 Å². The first-order valence-corrected chi connectivity index (χ1v) is 15.7. The molecule has 0 aromatic carbocycles. The van der Waals surface area contributed by atoms with Gasteiger partial charge in [0.05, 0.1) is 0 Å². The van der Waals surface area contributed by atoms with Gasteiger partial charge in [-0.1, -0.05) is 41.5 Å². The van der Waals surface area contributed by atoms with Gasteiger partial charge in [0.1, 0.15) is 0 Å². The Morgan fingerprint density at radius 3 is 0.500 bits per heavy atom. The Bertz CT molecular complexity index is 427. The van der Waals surface area contributed by atoms with E-state index < -0.39 is 29.9 Å². The van der Waals surface area contributed by atoms with Crippen LogP contribution >= 0.6 is 29.9 Å². The normalized spacial score (nSPS) is 11.8.